The fourth-order valence-electron chi connectivity index (χ4n) is 1.64. The molecule has 1 unspecified atom stereocenters. The van der Waals surface area contributed by atoms with Gasteiger partial charge in [0.1, 0.15) is 5.75 Å². The van der Waals surface area contributed by atoms with Gasteiger partial charge < -0.3 is 15.8 Å². The molecule has 110 valence electrons. The van der Waals surface area contributed by atoms with Gasteiger partial charge in [0.15, 0.2) is 6.10 Å². The van der Waals surface area contributed by atoms with E-state index in [1.54, 1.807) is 37.3 Å². The van der Waals surface area contributed by atoms with Crippen LogP contribution in [0.15, 0.2) is 46.9 Å². The molecule has 2 rings (SSSR count). The van der Waals surface area contributed by atoms with Gasteiger partial charge >= 0.3 is 0 Å². The second kappa shape index (κ2) is 6.83. The highest BCUT2D eigenvalue weighted by Gasteiger charge is 2.16. The summed E-state index contributed by atoms with van der Waals surface area (Å²) in [5, 5.41) is 3.10. The summed E-state index contributed by atoms with van der Waals surface area (Å²) in [5.74, 6) is 0.328. The second-order valence-electron chi connectivity index (χ2n) is 4.44. The summed E-state index contributed by atoms with van der Waals surface area (Å²) >= 11 is 9.35. The van der Waals surface area contributed by atoms with Gasteiger partial charge in [-0.15, -0.1) is 0 Å². The Morgan fingerprint density at radius 3 is 2.57 bits per heavy atom. The average Bonchev–Trinajstić information content (AvgIpc) is 2.44. The maximum atomic E-state index is 12.1. The molecular formula is C15H14BrClN2O2. The van der Waals surface area contributed by atoms with Crippen LogP contribution in [0.4, 0.5) is 11.4 Å². The van der Waals surface area contributed by atoms with Crippen LogP contribution in [0.25, 0.3) is 0 Å². The molecule has 21 heavy (non-hydrogen) atoms. The Bertz CT molecular complexity index is 647. The highest BCUT2D eigenvalue weighted by molar-refractivity contribution is 9.10. The number of hydrogen-bond donors (Lipinski definition) is 2. The highest BCUT2D eigenvalue weighted by Crippen LogP contribution is 2.24. The van der Waals surface area contributed by atoms with Crippen molar-refractivity contribution in [2.45, 2.75) is 13.0 Å². The number of nitrogen functional groups attached to an aromatic ring is 1. The number of carbonyl (C=O) groups excluding carboxylic acids is 1. The summed E-state index contributed by atoms with van der Waals surface area (Å²) in [6.07, 6.45) is -0.653. The maximum Gasteiger partial charge on any atom is 0.265 e. The lowest BCUT2D eigenvalue weighted by Gasteiger charge is -2.15. The van der Waals surface area contributed by atoms with Crippen molar-refractivity contribution in [1.29, 1.82) is 0 Å². The van der Waals surface area contributed by atoms with Gasteiger partial charge in [0.05, 0.1) is 10.7 Å². The number of ether oxygens (including phenoxy) is 1. The summed E-state index contributed by atoms with van der Waals surface area (Å²) in [6, 6.07) is 12.2. The first-order valence-corrected chi connectivity index (χ1v) is 7.41. The molecule has 0 aliphatic heterocycles. The van der Waals surface area contributed by atoms with E-state index in [4.69, 9.17) is 22.1 Å². The van der Waals surface area contributed by atoms with E-state index >= 15 is 0 Å². The van der Waals surface area contributed by atoms with E-state index in [2.05, 4.69) is 21.2 Å². The van der Waals surface area contributed by atoms with Gasteiger partial charge in [0.2, 0.25) is 0 Å². The Labute approximate surface area is 136 Å². The molecule has 2 aromatic rings. The second-order valence-corrected chi connectivity index (χ2v) is 5.77. The van der Waals surface area contributed by atoms with Gasteiger partial charge in [-0.05, 0) is 49.4 Å². The lowest BCUT2D eigenvalue weighted by atomic mass is 10.2. The molecule has 0 aliphatic carbocycles. The van der Waals surface area contributed by atoms with Crippen LogP contribution < -0.4 is 15.8 Å². The largest absolute Gasteiger partial charge is 0.481 e. The monoisotopic (exact) mass is 368 g/mol. The van der Waals surface area contributed by atoms with Crippen LogP contribution in [0.2, 0.25) is 5.02 Å². The van der Waals surface area contributed by atoms with E-state index in [0.29, 0.717) is 22.1 Å². The van der Waals surface area contributed by atoms with Crippen molar-refractivity contribution in [2.24, 2.45) is 0 Å². The molecule has 0 heterocycles. The minimum absolute atomic E-state index is 0.287. The Morgan fingerprint density at radius 2 is 1.95 bits per heavy atom. The smallest absolute Gasteiger partial charge is 0.265 e. The van der Waals surface area contributed by atoms with E-state index in [1.807, 2.05) is 12.1 Å². The van der Waals surface area contributed by atoms with E-state index < -0.39 is 6.10 Å². The van der Waals surface area contributed by atoms with Crippen LogP contribution >= 0.6 is 27.5 Å². The van der Waals surface area contributed by atoms with Crippen LogP contribution in [0.1, 0.15) is 6.92 Å². The highest BCUT2D eigenvalue weighted by atomic mass is 79.9. The quantitative estimate of drug-likeness (QED) is 0.798. The van der Waals surface area contributed by atoms with Crippen molar-refractivity contribution >= 4 is 44.8 Å². The van der Waals surface area contributed by atoms with Gasteiger partial charge in [0.25, 0.3) is 5.91 Å². The van der Waals surface area contributed by atoms with E-state index in [9.17, 15) is 4.79 Å². The number of benzene rings is 2. The predicted molar refractivity (Wildman–Crippen MR) is 88.7 cm³/mol. The van der Waals surface area contributed by atoms with E-state index in [1.165, 1.54) is 0 Å². The maximum absolute atomic E-state index is 12.1. The van der Waals surface area contributed by atoms with Gasteiger partial charge in [-0.3, -0.25) is 4.79 Å². The Kier molecular flexibility index (Phi) is 5.09. The van der Waals surface area contributed by atoms with E-state index in [0.717, 1.165) is 4.47 Å². The minimum Gasteiger partial charge on any atom is -0.481 e. The van der Waals surface area contributed by atoms with Crippen molar-refractivity contribution in [1.82, 2.24) is 0 Å². The summed E-state index contributed by atoms with van der Waals surface area (Å²) in [4.78, 5) is 12.1. The van der Waals surface area contributed by atoms with Crippen molar-refractivity contribution in [2.75, 3.05) is 11.1 Å². The molecule has 4 nitrogen and oxygen atoms in total. The molecule has 2 aromatic carbocycles. The fourth-order valence-corrected chi connectivity index (χ4v) is 2.14. The number of rotatable bonds is 4. The number of amides is 1. The molecule has 1 amide bonds. The number of halogens is 2. The van der Waals surface area contributed by atoms with Crippen molar-refractivity contribution < 1.29 is 9.53 Å². The van der Waals surface area contributed by atoms with Crippen LogP contribution in [-0.2, 0) is 4.79 Å². The molecule has 6 heteroatoms. The molecule has 3 N–H and O–H groups in total. The summed E-state index contributed by atoms with van der Waals surface area (Å²) in [5.41, 5.74) is 6.65. The molecule has 0 saturated carbocycles. The van der Waals surface area contributed by atoms with Gasteiger partial charge in [-0.25, -0.2) is 0 Å². The zero-order valence-electron chi connectivity index (χ0n) is 11.3. The van der Waals surface area contributed by atoms with Crippen LogP contribution in [-0.4, -0.2) is 12.0 Å². The fraction of sp³-hybridized carbons (Fsp3) is 0.133. The lowest BCUT2D eigenvalue weighted by molar-refractivity contribution is -0.122. The molecule has 0 fully saturated rings. The minimum atomic E-state index is -0.653. The average molecular weight is 370 g/mol. The first-order valence-electron chi connectivity index (χ1n) is 6.24. The molecule has 0 aromatic heterocycles. The number of carbonyl (C=O) groups is 1. The third kappa shape index (κ3) is 4.37. The number of hydrogen-bond acceptors (Lipinski definition) is 3. The Hall–Kier alpha value is -1.72. The normalized spacial score (nSPS) is 11.8. The third-order valence-corrected chi connectivity index (χ3v) is 3.59. The van der Waals surface area contributed by atoms with Crippen molar-refractivity contribution in [3.8, 4) is 5.75 Å². The molecule has 0 spiro atoms. The lowest BCUT2D eigenvalue weighted by Crippen LogP contribution is -2.30. The first kappa shape index (κ1) is 15.7. The van der Waals surface area contributed by atoms with Crippen molar-refractivity contribution in [3.63, 3.8) is 0 Å². The van der Waals surface area contributed by atoms with E-state index in [-0.39, 0.29) is 5.91 Å². The summed E-state index contributed by atoms with van der Waals surface area (Å²) in [7, 11) is 0. The Morgan fingerprint density at radius 1 is 1.29 bits per heavy atom. The topological polar surface area (TPSA) is 64.3 Å². The number of nitrogens with two attached hydrogens (primary N) is 1. The zero-order chi connectivity index (χ0) is 15.4. The molecule has 1 atom stereocenters. The zero-order valence-corrected chi connectivity index (χ0v) is 13.6. The Balaban J connectivity index is 2.00. The molecule has 0 saturated heterocycles. The van der Waals surface area contributed by atoms with Gasteiger partial charge in [-0.2, -0.15) is 0 Å². The molecule has 0 bridgehead atoms. The third-order valence-electron chi connectivity index (χ3n) is 2.75. The SMILES string of the molecule is CC(Oc1ccc(Br)cc1)C(=O)Nc1ccc(N)cc1Cl. The van der Waals surface area contributed by atoms with Crippen LogP contribution in [0.5, 0.6) is 5.75 Å². The van der Waals surface area contributed by atoms with Crippen molar-refractivity contribution in [3.05, 3.63) is 52.0 Å². The van der Waals surface area contributed by atoms with Crippen LogP contribution in [0.3, 0.4) is 0 Å². The van der Waals surface area contributed by atoms with Crippen LogP contribution in [0, 0.1) is 0 Å². The van der Waals surface area contributed by atoms with Gasteiger partial charge in [0, 0.05) is 10.2 Å². The molecule has 0 radical (unpaired) electrons. The first-order chi connectivity index (χ1) is 9.95. The number of anilines is 2. The summed E-state index contributed by atoms with van der Waals surface area (Å²) in [6.45, 7) is 1.67. The molecule has 0 aliphatic rings. The standard InChI is InChI=1S/C15H14BrClN2O2/c1-9(21-12-5-2-10(16)3-6-12)15(20)19-14-7-4-11(18)8-13(14)17/h2-9H,18H2,1H3,(H,19,20). The summed E-state index contributed by atoms with van der Waals surface area (Å²) < 4.78 is 6.51. The predicted octanol–water partition coefficient (Wildman–Crippen LogP) is 4.09. The van der Waals surface area contributed by atoms with Gasteiger partial charge in [-0.1, -0.05) is 27.5 Å². The number of nitrogens with one attached hydrogen (secondary N) is 1. The molecular weight excluding hydrogens is 356 g/mol.